The van der Waals surface area contributed by atoms with Crippen molar-refractivity contribution in [2.45, 2.75) is 6.18 Å². The highest BCUT2D eigenvalue weighted by atomic mass is 35.5. The van der Waals surface area contributed by atoms with Crippen LogP contribution in [0, 0.1) is 0 Å². The van der Waals surface area contributed by atoms with Crippen LogP contribution in [0.15, 0.2) is 18.2 Å². The molecule has 1 aromatic rings. The van der Waals surface area contributed by atoms with Crippen molar-refractivity contribution in [3.63, 3.8) is 0 Å². The SMILES string of the molecule is O=C(COC(=O)c1cc(Cl)ccc1O)NCC(F)(F)F. The molecule has 0 heterocycles. The Morgan fingerprint density at radius 2 is 2.00 bits per heavy atom. The predicted octanol–water partition coefficient (Wildman–Crippen LogP) is 1.88. The number of hydrogen-bond donors (Lipinski definition) is 2. The molecule has 9 heteroatoms. The van der Waals surface area contributed by atoms with Gasteiger partial charge in [-0.3, -0.25) is 4.79 Å². The van der Waals surface area contributed by atoms with E-state index in [0.29, 0.717) is 0 Å². The molecule has 0 unspecified atom stereocenters. The predicted molar refractivity (Wildman–Crippen MR) is 62.5 cm³/mol. The highest BCUT2D eigenvalue weighted by Gasteiger charge is 2.27. The number of amides is 1. The first-order valence-electron chi connectivity index (χ1n) is 5.18. The third kappa shape index (κ3) is 5.35. The Balaban J connectivity index is 2.51. The Hall–Kier alpha value is -1.96. The second-order valence-corrected chi connectivity index (χ2v) is 4.07. The number of carbonyl (C=O) groups is 2. The van der Waals surface area contributed by atoms with Gasteiger partial charge in [-0.25, -0.2) is 4.79 Å². The largest absolute Gasteiger partial charge is 0.507 e. The van der Waals surface area contributed by atoms with Crippen molar-refractivity contribution in [3.8, 4) is 5.75 Å². The quantitative estimate of drug-likeness (QED) is 0.833. The normalized spacial score (nSPS) is 11.0. The molecule has 1 rings (SSSR count). The van der Waals surface area contributed by atoms with Crippen LogP contribution in [0.5, 0.6) is 5.75 Å². The van der Waals surface area contributed by atoms with Gasteiger partial charge in [0.05, 0.1) is 0 Å². The molecule has 1 aromatic carbocycles. The van der Waals surface area contributed by atoms with E-state index < -0.39 is 37.0 Å². The molecule has 110 valence electrons. The van der Waals surface area contributed by atoms with Crippen LogP contribution in [-0.2, 0) is 9.53 Å². The maximum atomic E-state index is 11.8. The fourth-order valence-electron chi connectivity index (χ4n) is 1.13. The number of esters is 1. The second-order valence-electron chi connectivity index (χ2n) is 3.63. The third-order valence-electron chi connectivity index (χ3n) is 2.00. The summed E-state index contributed by atoms with van der Waals surface area (Å²) < 4.78 is 39.9. The number of benzene rings is 1. The van der Waals surface area contributed by atoms with Gasteiger partial charge in [0.1, 0.15) is 17.9 Å². The molecule has 0 saturated heterocycles. The summed E-state index contributed by atoms with van der Waals surface area (Å²) in [6.45, 7) is -2.42. The second kappa shape index (κ2) is 6.47. The summed E-state index contributed by atoms with van der Waals surface area (Å²) >= 11 is 5.60. The standard InChI is InChI=1S/C11H9ClF3NO4/c12-6-1-2-8(17)7(3-6)10(19)20-4-9(18)16-5-11(13,14)15/h1-3,17H,4-5H2,(H,16,18). The van der Waals surface area contributed by atoms with E-state index in [2.05, 4.69) is 4.74 Å². The molecule has 0 bridgehead atoms. The minimum Gasteiger partial charge on any atom is -0.507 e. The number of phenolic OH excluding ortho intramolecular Hbond substituents is 1. The van der Waals surface area contributed by atoms with Crippen LogP contribution in [0.1, 0.15) is 10.4 Å². The molecular formula is C11H9ClF3NO4. The fraction of sp³-hybridized carbons (Fsp3) is 0.273. The molecule has 0 aromatic heterocycles. The van der Waals surface area contributed by atoms with E-state index in [1.165, 1.54) is 11.4 Å². The van der Waals surface area contributed by atoms with Gasteiger partial charge in [0.15, 0.2) is 6.61 Å². The summed E-state index contributed by atoms with van der Waals surface area (Å²) in [5.41, 5.74) is -0.291. The number of aromatic hydroxyl groups is 1. The minimum absolute atomic E-state index is 0.149. The van der Waals surface area contributed by atoms with Crippen LogP contribution >= 0.6 is 11.6 Å². The molecule has 1 amide bonds. The molecule has 0 fully saturated rings. The molecule has 0 radical (unpaired) electrons. The summed E-state index contributed by atoms with van der Waals surface area (Å²) in [6, 6.07) is 3.57. The molecule has 0 saturated carbocycles. The minimum atomic E-state index is -4.55. The molecular weight excluding hydrogens is 303 g/mol. The Morgan fingerprint density at radius 1 is 1.35 bits per heavy atom. The Kier molecular flexibility index (Phi) is 5.20. The van der Waals surface area contributed by atoms with Gasteiger partial charge in [-0.15, -0.1) is 0 Å². The van der Waals surface area contributed by atoms with Crippen LogP contribution < -0.4 is 5.32 Å². The first-order chi connectivity index (χ1) is 9.19. The number of phenols is 1. The van der Waals surface area contributed by atoms with Crippen molar-refractivity contribution in [2.75, 3.05) is 13.2 Å². The van der Waals surface area contributed by atoms with Gasteiger partial charge in [-0.2, -0.15) is 13.2 Å². The lowest BCUT2D eigenvalue weighted by Crippen LogP contribution is -2.36. The molecule has 0 spiro atoms. The number of alkyl halides is 3. The number of ether oxygens (including phenoxy) is 1. The van der Waals surface area contributed by atoms with Crippen molar-refractivity contribution in [2.24, 2.45) is 0 Å². The fourth-order valence-corrected chi connectivity index (χ4v) is 1.30. The van der Waals surface area contributed by atoms with E-state index >= 15 is 0 Å². The Labute approximate surface area is 116 Å². The van der Waals surface area contributed by atoms with Gasteiger partial charge in [-0.1, -0.05) is 11.6 Å². The van der Waals surface area contributed by atoms with E-state index in [1.807, 2.05) is 0 Å². The number of hydrogen-bond acceptors (Lipinski definition) is 4. The van der Waals surface area contributed by atoms with Crippen molar-refractivity contribution in [1.82, 2.24) is 5.32 Å². The van der Waals surface area contributed by atoms with Crippen molar-refractivity contribution in [1.29, 1.82) is 0 Å². The summed E-state index contributed by atoms with van der Waals surface area (Å²) in [4.78, 5) is 22.5. The highest BCUT2D eigenvalue weighted by molar-refractivity contribution is 6.31. The molecule has 0 atom stereocenters. The first kappa shape index (κ1) is 16.1. The van der Waals surface area contributed by atoms with E-state index in [9.17, 15) is 27.9 Å². The summed E-state index contributed by atoms with van der Waals surface area (Å²) in [5, 5.41) is 11.0. The van der Waals surface area contributed by atoms with Crippen LogP contribution in [-0.4, -0.2) is 36.3 Å². The van der Waals surface area contributed by atoms with Crippen LogP contribution in [0.3, 0.4) is 0 Å². The zero-order valence-corrected chi connectivity index (χ0v) is 10.6. The van der Waals surface area contributed by atoms with E-state index in [-0.39, 0.29) is 10.6 Å². The zero-order valence-electron chi connectivity index (χ0n) is 9.83. The van der Waals surface area contributed by atoms with Crippen molar-refractivity contribution < 1.29 is 32.6 Å². The van der Waals surface area contributed by atoms with Crippen LogP contribution in [0.2, 0.25) is 5.02 Å². The maximum absolute atomic E-state index is 11.8. The monoisotopic (exact) mass is 311 g/mol. The van der Waals surface area contributed by atoms with E-state index in [1.54, 1.807) is 0 Å². The van der Waals surface area contributed by atoms with Gasteiger partial charge in [0.25, 0.3) is 5.91 Å². The van der Waals surface area contributed by atoms with Gasteiger partial charge < -0.3 is 15.2 Å². The lowest BCUT2D eigenvalue weighted by molar-refractivity contribution is -0.140. The van der Waals surface area contributed by atoms with Crippen LogP contribution in [0.4, 0.5) is 13.2 Å². The molecule has 2 N–H and O–H groups in total. The number of rotatable bonds is 4. The molecule has 0 aliphatic rings. The summed E-state index contributed by atoms with van der Waals surface area (Å²) in [6.07, 6.45) is -4.55. The van der Waals surface area contributed by atoms with Gasteiger partial charge in [-0.05, 0) is 18.2 Å². The van der Waals surface area contributed by atoms with Gasteiger partial charge >= 0.3 is 12.1 Å². The molecule has 20 heavy (non-hydrogen) atoms. The van der Waals surface area contributed by atoms with E-state index in [4.69, 9.17) is 11.6 Å². The third-order valence-corrected chi connectivity index (χ3v) is 2.23. The van der Waals surface area contributed by atoms with Crippen molar-refractivity contribution in [3.05, 3.63) is 28.8 Å². The Morgan fingerprint density at radius 3 is 2.60 bits per heavy atom. The lowest BCUT2D eigenvalue weighted by atomic mass is 10.2. The van der Waals surface area contributed by atoms with E-state index in [0.717, 1.165) is 12.1 Å². The smallest absolute Gasteiger partial charge is 0.405 e. The zero-order chi connectivity index (χ0) is 15.3. The Bertz CT molecular complexity index is 519. The average molecular weight is 312 g/mol. The average Bonchev–Trinajstić information content (AvgIpc) is 2.35. The molecule has 5 nitrogen and oxygen atoms in total. The number of halogens is 4. The van der Waals surface area contributed by atoms with Gasteiger partial charge in [0.2, 0.25) is 0 Å². The lowest BCUT2D eigenvalue weighted by Gasteiger charge is -2.09. The van der Waals surface area contributed by atoms with Crippen molar-refractivity contribution >= 4 is 23.5 Å². The highest BCUT2D eigenvalue weighted by Crippen LogP contribution is 2.22. The maximum Gasteiger partial charge on any atom is 0.405 e. The topological polar surface area (TPSA) is 75.6 Å². The molecule has 0 aliphatic heterocycles. The first-order valence-corrected chi connectivity index (χ1v) is 5.56. The van der Waals surface area contributed by atoms with Gasteiger partial charge in [0, 0.05) is 5.02 Å². The number of carbonyl (C=O) groups excluding carboxylic acids is 2. The summed E-state index contributed by atoms with van der Waals surface area (Å²) in [7, 11) is 0. The van der Waals surface area contributed by atoms with Crippen LogP contribution in [0.25, 0.3) is 0 Å². The number of nitrogens with one attached hydrogen (secondary N) is 1. The molecule has 0 aliphatic carbocycles. The summed E-state index contributed by atoms with van der Waals surface area (Å²) in [5.74, 6) is -2.61.